The van der Waals surface area contributed by atoms with Crippen LogP contribution < -0.4 is 5.32 Å². The predicted molar refractivity (Wildman–Crippen MR) is 150 cm³/mol. The smallest absolute Gasteiger partial charge is 0.338 e. The molecule has 1 heterocycles. The van der Waals surface area contributed by atoms with E-state index >= 15 is 0 Å². The van der Waals surface area contributed by atoms with E-state index in [1.165, 1.54) is 0 Å². The Hall–Kier alpha value is -4.84. The Bertz CT molecular complexity index is 1610. The van der Waals surface area contributed by atoms with E-state index in [1.807, 2.05) is 92.7 Å². The number of carbonyl (C=O) groups excluding carboxylic acids is 2. The molecule has 0 aliphatic heterocycles. The Morgan fingerprint density at radius 2 is 1.26 bits per heavy atom. The highest BCUT2D eigenvalue weighted by Gasteiger charge is 2.21. The van der Waals surface area contributed by atoms with Gasteiger partial charge in [-0.25, -0.2) is 14.8 Å². The predicted octanol–water partition coefficient (Wildman–Crippen LogP) is 6.76. The molecule has 6 heteroatoms. The summed E-state index contributed by atoms with van der Waals surface area (Å²) in [5.74, 6) is -0.999. The number of aromatic nitrogens is 2. The highest BCUT2D eigenvalue weighted by molar-refractivity contribution is 5.99. The van der Waals surface area contributed by atoms with Gasteiger partial charge in [-0.05, 0) is 50.1 Å². The second kappa shape index (κ2) is 10.6. The molecule has 1 atom stereocenters. The zero-order valence-corrected chi connectivity index (χ0v) is 21.4. The van der Waals surface area contributed by atoms with E-state index < -0.39 is 18.0 Å². The number of nitrogens with zero attached hydrogens (tertiary/aromatic N) is 2. The zero-order chi connectivity index (χ0) is 26.6. The van der Waals surface area contributed by atoms with Crippen LogP contribution in [0.15, 0.2) is 97.1 Å². The monoisotopic (exact) mass is 501 g/mol. The van der Waals surface area contributed by atoms with E-state index in [2.05, 4.69) is 5.32 Å². The normalized spacial score (nSPS) is 11.7. The number of rotatable bonds is 6. The van der Waals surface area contributed by atoms with Crippen molar-refractivity contribution in [3.8, 4) is 22.5 Å². The Kier molecular flexibility index (Phi) is 6.96. The third kappa shape index (κ3) is 5.15. The molecular weight excluding hydrogens is 474 g/mol. The summed E-state index contributed by atoms with van der Waals surface area (Å²) in [6.07, 6.45) is -0.983. The summed E-state index contributed by atoms with van der Waals surface area (Å²) in [5, 5.41) is 2.87. The van der Waals surface area contributed by atoms with Gasteiger partial charge in [-0.3, -0.25) is 4.79 Å². The minimum Gasteiger partial charge on any atom is -0.449 e. The van der Waals surface area contributed by atoms with Gasteiger partial charge in [0.05, 0.1) is 28.0 Å². The van der Waals surface area contributed by atoms with Crippen LogP contribution in [0, 0.1) is 13.8 Å². The van der Waals surface area contributed by atoms with Gasteiger partial charge in [0, 0.05) is 16.8 Å². The standard InChI is InChI=1S/C32H27N3O3/c1-20-11-10-12-21(2)28(20)35-31(36)22(3)38-32(37)25-17-18-26-27(19-25)34-30(24-15-8-5-9-16-24)29(33-26)23-13-6-4-7-14-23/h4-19,22H,1-3H3,(H,35,36). The maximum Gasteiger partial charge on any atom is 0.338 e. The molecule has 1 amide bonds. The van der Waals surface area contributed by atoms with Crippen molar-refractivity contribution >= 4 is 28.6 Å². The quantitative estimate of drug-likeness (QED) is 0.260. The number of para-hydroxylation sites is 1. The fraction of sp³-hybridized carbons (Fsp3) is 0.125. The molecule has 0 aliphatic rings. The lowest BCUT2D eigenvalue weighted by Gasteiger charge is -2.16. The number of hydrogen-bond donors (Lipinski definition) is 1. The Balaban J connectivity index is 1.43. The highest BCUT2D eigenvalue weighted by atomic mass is 16.5. The van der Waals surface area contributed by atoms with Crippen molar-refractivity contribution in [3.05, 3.63) is 114 Å². The number of fused-ring (bicyclic) bond motifs is 1. The first kappa shape index (κ1) is 24.8. The molecule has 38 heavy (non-hydrogen) atoms. The van der Waals surface area contributed by atoms with Crippen molar-refractivity contribution in [1.82, 2.24) is 9.97 Å². The SMILES string of the molecule is Cc1cccc(C)c1NC(=O)C(C)OC(=O)c1ccc2nc(-c3ccccc3)c(-c3ccccc3)nc2c1. The first-order valence-corrected chi connectivity index (χ1v) is 12.4. The van der Waals surface area contributed by atoms with Crippen LogP contribution in [0.25, 0.3) is 33.5 Å². The van der Waals surface area contributed by atoms with Crippen molar-refractivity contribution in [2.45, 2.75) is 26.9 Å². The van der Waals surface area contributed by atoms with Gasteiger partial charge >= 0.3 is 5.97 Å². The molecular formula is C32H27N3O3. The number of aryl methyl sites for hydroxylation is 2. The third-order valence-electron chi connectivity index (χ3n) is 6.38. The molecule has 0 fully saturated rings. The van der Waals surface area contributed by atoms with E-state index in [-0.39, 0.29) is 0 Å². The van der Waals surface area contributed by atoms with Gasteiger partial charge in [0.25, 0.3) is 5.91 Å². The fourth-order valence-corrected chi connectivity index (χ4v) is 4.29. The summed E-state index contributed by atoms with van der Waals surface area (Å²) in [4.78, 5) is 35.5. The van der Waals surface area contributed by atoms with Gasteiger partial charge in [-0.1, -0.05) is 78.9 Å². The molecule has 1 unspecified atom stereocenters. The van der Waals surface area contributed by atoms with Crippen molar-refractivity contribution in [3.63, 3.8) is 0 Å². The highest BCUT2D eigenvalue weighted by Crippen LogP contribution is 2.31. The number of hydrogen-bond acceptors (Lipinski definition) is 5. The Morgan fingerprint density at radius 3 is 1.84 bits per heavy atom. The van der Waals surface area contributed by atoms with E-state index in [0.717, 1.165) is 39.3 Å². The van der Waals surface area contributed by atoms with Crippen LogP contribution in [-0.2, 0) is 9.53 Å². The summed E-state index contributed by atoms with van der Waals surface area (Å²) in [6.45, 7) is 5.39. The van der Waals surface area contributed by atoms with Crippen molar-refractivity contribution in [1.29, 1.82) is 0 Å². The molecule has 188 valence electrons. The van der Waals surface area contributed by atoms with Gasteiger partial charge < -0.3 is 10.1 Å². The van der Waals surface area contributed by atoms with Crippen LogP contribution in [0.1, 0.15) is 28.4 Å². The molecule has 1 aromatic heterocycles. The van der Waals surface area contributed by atoms with Crippen molar-refractivity contribution in [2.24, 2.45) is 0 Å². The summed E-state index contributed by atoms with van der Waals surface area (Å²) < 4.78 is 5.51. The van der Waals surface area contributed by atoms with E-state index in [1.54, 1.807) is 25.1 Å². The summed E-state index contributed by atoms with van der Waals surface area (Å²) in [6, 6.07) is 30.5. The van der Waals surface area contributed by atoms with Crippen LogP contribution in [-0.4, -0.2) is 27.9 Å². The summed E-state index contributed by atoms with van der Waals surface area (Å²) in [7, 11) is 0. The zero-order valence-electron chi connectivity index (χ0n) is 21.4. The van der Waals surface area contributed by atoms with Gasteiger partial charge in [-0.15, -0.1) is 0 Å². The minimum absolute atomic E-state index is 0.296. The molecule has 4 aromatic carbocycles. The lowest BCUT2D eigenvalue weighted by atomic mass is 10.0. The molecule has 0 saturated heterocycles. The number of anilines is 1. The minimum atomic E-state index is -0.983. The number of benzene rings is 4. The van der Waals surface area contributed by atoms with Crippen LogP contribution in [0.3, 0.4) is 0 Å². The second-order valence-electron chi connectivity index (χ2n) is 9.16. The largest absolute Gasteiger partial charge is 0.449 e. The number of ether oxygens (including phenoxy) is 1. The van der Waals surface area contributed by atoms with Crippen LogP contribution in [0.4, 0.5) is 5.69 Å². The van der Waals surface area contributed by atoms with E-state index in [4.69, 9.17) is 14.7 Å². The number of esters is 1. The molecule has 5 rings (SSSR count). The molecule has 1 N–H and O–H groups in total. The van der Waals surface area contributed by atoms with Crippen molar-refractivity contribution in [2.75, 3.05) is 5.32 Å². The van der Waals surface area contributed by atoms with Gasteiger partial charge in [-0.2, -0.15) is 0 Å². The lowest BCUT2D eigenvalue weighted by Crippen LogP contribution is -2.30. The van der Waals surface area contributed by atoms with Crippen LogP contribution >= 0.6 is 0 Å². The van der Waals surface area contributed by atoms with Gasteiger partial charge in [0.1, 0.15) is 0 Å². The van der Waals surface area contributed by atoms with Gasteiger partial charge in [0.2, 0.25) is 0 Å². The average molecular weight is 502 g/mol. The first-order valence-electron chi connectivity index (χ1n) is 12.4. The number of nitrogens with one attached hydrogen (secondary N) is 1. The number of amides is 1. The molecule has 5 aromatic rings. The molecule has 0 spiro atoms. The van der Waals surface area contributed by atoms with Crippen molar-refractivity contribution < 1.29 is 14.3 Å². The molecule has 6 nitrogen and oxygen atoms in total. The topological polar surface area (TPSA) is 81.2 Å². The maximum absolute atomic E-state index is 13.0. The third-order valence-corrected chi connectivity index (χ3v) is 6.38. The lowest BCUT2D eigenvalue weighted by molar-refractivity contribution is -0.123. The summed E-state index contributed by atoms with van der Waals surface area (Å²) in [5.41, 5.74) is 7.47. The average Bonchev–Trinajstić information content (AvgIpc) is 2.94. The second-order valence-corrected chi connectivity index (χ2v) is 9.16. The summed E-state index contributed by atoms with van der Waals surface area (Å²) >= 11 is 0. The van der Waals surface area contributed by atoms with E-state index in [9.17, 15) is 9.59 Å². The molecule has 0 aliphatic carbocycles. The Morgan fingerprint density at radius 1 is 0.711 bits per heavy atom. The Labute approximate surface area is 221 Å². The van der Waals surface area contributed by atoms with E-state index in [0.29, 0.717) is 16.6 Å². The van der Waals surface area contributed by atoms with Gasteiger partial charge in [0.15, 0.2) is 6.10 Å². The molecule has 0 saturated carbocycles. The van der Waals surface area contributed by atoms with Crippen LogP contribution in [0.5, 0.6) is 0 Å². The molecule has 0 radical (unpaired) electrons. The molecule has 0 bridgehead atoms. The fourth-order valence-electron chi connectivity index (χ4n) is 4.29. The first-order chi connectivity index (χ1) is 18.4. The number of carbonyl (C=O) groups is 2. The maximum atomic E-state index is 13.0. The van der Waals surface area contributed by atoms with Crippen LogP contribution in [0.2, 0.25) is 0 Å².